The first-order valence-electron chi connectivity index (χ1n) is 5.08. The molecule has 3 heteroatoms. The Bertz CT molecular complexity index is 162. The van der Waals surface area contributed by atoms with Gasteiger partial charge in [0.05, 0.1) is 6.54 Å². The van der Waals surface area contributed by atoms with Crippen molar-refractivity contribution in [1.29, 1.82) is 0 Å². The minimum absolute atomic E-state index is 0.284. The average molecular weight is 184 g/mol. The van der Waals surface area contributed by atoms with Crippen molar-refractivity contribution in [3.05, 3.63) is 0 Å². The van der Waals surface area contributed by atoms with E-state index in [4.69, 9.17) is 0 Å². The summed E-state index contributed by atoms with van der Waals surface area (Å²) < 4.78 is 0. The topological polar surface area (TPSA) is 32.3 Å². The second kappa shape index (κ2) is 5.35. The summed E-state index contributed by atoms with van der Waals surface area (Å²) in [6, 6.07) is 0. The largest absolute Gasteiger partial charge is 0.319 e. The number of hydrogen-bond acceptors (Lipinski definition) is 3. The van der Waals surface area contributed by atoms with Gasteiger partial charge in [0.25, 0.3) is 0 Å². The molecule has 0 aromatic carbocycles. The van der Waals surface area contributed by atoms with Crippen molar-refractivity contribution in [2.45, 2.75) is 19.8 Å². The van der Waals surface area contributed by atoms with E-state index in [0.717, 1.165) is 25.6 Å². The summed E-state index contributed by atoms with van der Waals surface area (Å²) in [5.74, 6) is 1.10. The van der Waals surface area contributed by atoms with Gasteiger partial charge >= 0.3 is 0 Å². The van der Waals surface area contributed by atoms with E-state index in [-0.39, 0.29) is 5.78 Å². The highest BCUT2D eigenvalue weighted by molar-refractivity contribution is 5.77. The molecule has 13 heavy (non-hydrogen) atoms. The number of carbonyl (C=O) groups excluding carboxylic acids is 1. The van der Waals surface area contributed by atoms with E-state index in [9.17, 15) is 4.79 Å². The van der Waals surface area contributed by atoms with E-state index < -0.39 is 0 Å². The fourth-order valence-electron chi connectivity index (χ4n) is 1.95. The summed E-state index contributed by atoms with van der Waals surface area (Å²) in [5, 5.41) is 3.21. The van der Waals surface area contributed by atoms with E-state index in [2.05, 4.69) is 10.2 Å². The lowest BCUT2D eigenvalue weighted by Crippen LogP contribution is -2.38. The Kier molecular flexibility index (Phi) is 4.39. The summed E-state index contributed by atoms with van der Waals surface area (Å²) in [5.41, 5.74) is 0. The lowest BCUT2D eigenvalue weighted by Gasteiger charge is -2.30. The van der Waals surface area contributed by atoms with Crippen molar-refractivity contribution in [3.63, 3.8) is 0 Å². The van der Waals surface area contributed by atoms with Gasteiger partial charge in [-0.05, 0) is 52.4 Å². The summed E-state index contributed by atoms with van der Waals surface area (Å²) in [4.78, 5) is 13.1. The van der Waals surface area contributed by atoms with Crippen LogP contribution in [-0.4, -0.2) is 43.9 Å². The standard InChI is InChI=1S/C10H20N2O/c1-9(13)8-12-5-3-10(4-6-12)7-11-2/h10-11H,3-8H2,1-2H3. The Hall–Kier alpha value is -0.410. The second-order valence-corrected chi connectivity index (χ2v) is 3.98. The van der Waals surface area contributed by atoms with Crippen LogP contribution < -0.4 is 5.32 Å². The van der Waals surface area contributed by atoms with Crippen molar-refractivity contribution in [2.75, 3.05) is 33.2 Å². The molecule has 0 aromatic rings. The van der Waals surface area contributed by atoms with Crippen LogP contribution in [-0.2, 0) is 4.79 Å². The number of nitrogens with zero attached hydrogens (tertiary/aromatic N) is 1. The minimum Gasteiger partial charge on any atom is -0.319 e. The van der Waals surface area contributed by atoms with Crippen LogP contribution in [0.5, 0.6) is 0 Å². The summed E-state index contributed by atoms with van der Waals surface area (Å²) >= 11 is 0. The van der Waals surface area contributed by atoms with Gasteiger partial charge in [0.15, 0.2) is 0 Å². The number of ketones is 1. The molecule has 0 radical (unpaired) electrons. The van der Waals surface area contributed by atoms with Gasteiger partial charge in [-0.25, -0.2) is 0 Å². The Labute approximate surface area is 80.5 Å². The third kappa shape index (κ3) is 3.87. The van der Waals surface area contributed by atoms with Crippen molar-refractivity contribution >= 4 is 5.78 Å². The Morgan fingerprint density at radius 3 is 2.54 bits per heavy atom. The van der Waals surface area contributed by atoms with Gasteiger partial charge in [-0.1, -0.05) is 0 Å². The number of Topliss-reactive ketones (excluding diaryl/α,β-unsaturated/α-hetero) is 1. The number of piperidine rings is 1. The zero-order valence-corrected chi connectivity index (χ0v) is 8.68. The van der Waals surface area contributed by atoms with Crippen molar-refractivity contribution in [1.82, 2.24) is 10.2 Å². The minimum atomic E-state index is 0.284. The highest BCUT2D eigenvalue weighted by atomic mass is 16.1. The average Bonchev–Trinajstić information content (AvgIpc) is 2.08. The normalized spacial score (nSPS) is 20.5. The Balaban J connectivity index is 2.18. The van der Waals surface area contributed by atoms with E-state index in [1.54, 1.807) is 6.92 Å². The van der Waals surface area contributed by atoms with Crippen molar-refractivity contribution in [2.24, 2.45) is 5.92 Å². The first-order chi connectivity index (χ1) is 6.22. The highest BCUT2D eigenvalue weighted by Gasteiger charge is 2.18. The molecule has 1 fully saturated rings. The molecule has 0 bridgehead atoms. The smallest absolute Gasteiger partial charge is 0.143 e. The van der Waals surface area contributed by atoms with Crippen LogP contribution in [0.2, 0.25) is 0 Å². The van der Waals surface area contributed by atoms with Crippen LogP contribution in [0, 0.1) is 5.92 Å². The first-order valence-corrected chi connectivity index (χ1v) is 5.08. The predicted molar refractivity (Wildman–Crippen MR) is 53.8 cm³/mol. The number of likely N-dealkylation sites (tertiary alicyclic amines) is 1. The molecule has 0 atom stereocenters. The molecule has 0 amide bonds. The van der Waals surface area contributed by atoms with Crippen LogP contribution in [0.4, 0.5) is 0 Å². The quantitative estimate of drug-likeness (QED) is 0.691. The summed E-state index contributed by atoms with van der Waals surface area (Å²) in [6.45, 7) is 5.61. The van der Waals surface area contributed by atoms with Gasteiger partial charge < -0.3 is 5.32 Å². The maximum Gasteiger partial charge on any atom is 0.143 e. The Morgan fingerprint density at radius 1 is 1.46 bits per heavy atom. The molecule has 0 saturated carbocycles. The number of hydrogen-bond donors (Lipinski definition) is 1. The second-order valence-electron chi connectivity index (χ2n) is 3.98. The molecule has 1 N–H and O–H groups in total. The third-order valence-electron chi connectivity index (χ3n) is 2.65. The van der Waals surface area contributed by atoms with Crippen molar-refractivity contribution < 1.29 is 4.79 Å². The molecule has 1 aliphatic heterocycles. The van der Waals surface area contributed by atoms with Crippen molar-refractivity contribution in [3.8, 4) is 0 Å². The van der Waals surface area contributed by atoms with Crippen LogP contribution in [0.25, 0.3) is 0 Å². The first kappa shape index (κ1) is 10.7. The molecular formula is C10H20N2O. The van der Waals surface area contributed by atoms with Gasteiger partial charge in [-0.3, -0.25) is 9.69 Å². The molecule has 3 nitrogen and oxygen atoms in total. The fourth-order valence-corrected chi connectivity index (χ4v) is 1.95. The molecule has 1 aliphatic rings. The number of rotatable bonds is 4. The lowest BCUT2D eigenvalue weighted by molar-refractivity contribution is -0.118. The maximum absolute atomic E-state index is 10.9. The molecule has 0 unspecified atom stereocenters. The molecular weight excluding hydrogens is 164 g/mol. The van der Waals surface area contributed by atoms with E-state index >= 15 is 0 Å². The van der Waals surface area contributed by atoms with E-state index in [1.165, 1.54) is 12.8 Å². The van der Waals surface area contributed by atoms with Crippen LogP contribution in [0.3, 0.4) is 0 Å². The zero-order chi connectivity index (χ0) is 9.68. The summed E-state index contributed by atoms with van der Waals surface area (Å²) in [6.07, 6.45) is 2.46. The van der Waals surface area contributed by atoms with E-state index in [1.807, 2.05) is 7.05 Å². The van der Waals surface area contributed by atoms with Gasteiger partial charge in [-0.15, -0.1) is 0 Å². The van der Waals surface area contributed by atoms with Crippen LogP contribution in [0.15, 0.2) is 0 Å². The summed E-state index contributed by atoms with van der Waals surface area (Å²) in [7, 11) is 2.00. The third-order valence-corrected chi connectivity index (χ3v) is 2.65. The molecule has 0 aliphatic carbocycles. The van der Waals surface area contributed by atoms with Gasteiger partial charge in [-0.2, -0.15) is 0 Å². The predicted octanol–water partition coefficient (Wildman–Crippen LogP) is 0.507. The molecule has 1 heterocycles. The van der Waals surface area contributed by atoms with Gasteiger partial charge in [0.1, 0.15) is 5.78 Å². The molecule has 0 aromatic heterocycles. The SMILES string of the molecule is CNCC1CCN(CC(C)=O)CC1. The number of nitrogens with one attached hydrogen (secondary N) is 1. The van der Waals surface area contributed by atoms with Gasteiger partial charge in [0.2, 0.25) is 0 Å². The van der Waals surface area contributed by atoms with Crippen LogP contribution in [0.1, 0.15) is 19.8 Å². The van der Waals surface area contributed by atoms with E-state index in [0.29, 0.717) is 6.54 Å². The monoisotopic (exact) mass is 184 g/mol. The fraction of sp³-hybridized carbons (Fsp3) is 0.900. The zero-order valence-electron chi connectivity index (χ0n) is 8.68. The Morgan fingerprint density at radius 2 is 2.08 bits per heavy atom. The van der Waals surface area contributed by atoms with Gasteiger partial charge in [0, 0.05) is 0 Å². The highest BCUT2D eigenvalue weighted by Crippen LogP contribution is 2.15. The molecule has 1 saturated heterocycles. The maximum atomic E-state index is 10.9. The molecule has 76 valence electrons. The van der Waals surface area contributed by atoms with Crippen LogP contribution >= 0.6 is 0 Å². The number of carbonyl (C=O) groups is 1. The lowest BCUT2D eigenvalue weighted by atomic mass is 9.97. The molecule has 0 spiro atoms. The molecule has 1 rings (SSSR count).